The highest BCUT2D eigenvalue weighted by Gasteiger charge is 2.33. The maximum atomic E-state index is 13.1. The second kappa shape index (κ2) is 6.25. The largest absolute Gasteiger partial charge is 0.505 e. The van der Waals surface area contributed by atoms with E-state index in [2.05, 4.69) is 10.1 Å². The van der Waals surface area contributed by atoms with Crippen molar-refractivity contribution in [2.24, 2.45) is 0 Å². The van der Waals surface area contributed by atoms with Crippen LogP contribution < -0.4 is 0 Å². The molecule has 0 atom stereocenters. The molecule has 0 radical (unpaired) electrons. The first-order chi connectivity index (χ1) is 12.7. The lowest BCUT2D eigenvalue weighted by atomic mass is 10.0. The molecule has 4 N–H and O–H groups in total. The minimum absolute atomic E-state index is 0.110. The monoisotopic (exact) mass is 377 g/mol. The number of halogens is 1. The summed E-state index contributed by atoms with van der Waals surface area (Å²) < 4.78 is 18.0. The number of carboxylic acids is 1. The number of nitro groups is 1. The van der Waals surface area contributed by atoms with E-state index in [1.165, 1.54) is 6.07 Å². The number of carbonyl (C=O) groups is 1. The average Bonchev–Trinajstić information content (AvgIpc) is 3.08. The first-order valence-electron chi connectivity index (χ1n) is 7.00. The lowest BCUT2D eigenvalue weighted by molar-refractivity contribution is -0.386. The van der Waals surface area contributed by atoms with Crippen molar-refractivity contribution >= 4 is 11.7 Å². The van der Waals surface area contributed by atoms with Gasteiger partial charge in [-0.05, 0) is 24.3 Å². The highest BCUT2D eigenvalue weighted by molar-refractivity contribution is 6.01. The summed E-state index contributed by atoms with van der Waals surface area (Å²) in [5.41, 5.74) is -2.64. The van der Waals surface area contributed by atoms with Crippen LogP contribution in [0.2, 0.25) is 0 Å². The fourth-order valence-electron chi connectivity index (χ4n) is 2.31. The number of carboxylic acid groups (broad SMARTS) is 1. The molecule has 0 bridgehead atoms. The highest BCUT2D eigenvalue weighted by atomic mass is 19.1. The molecule has 0 amide bonds. The van der Waals surface area contributed by atoms with Crippen LogP contribution >= 0.6 is 0 Å². The van der Waals surface area contributed by atoms with E-state index in [0.29, 0.717) is 6.07 Å². The van der Waals surface area contributed by atoms with E-state index in [0.717, 1.165) is 12.1 Å². The van der Waals surface area contributed by atoms with Crippen LogP contribution in [0.15, 0.2) is 28.8 Å². The number of phenolic OH excluding ortho intramolecular Hbond substituents is 3. The quantitative estimate of drug-likeness (QED) is 0.299. The van der Waals surface area contributed by atoms with Gasteiger partial charge in [-0.3, -0.25) is 10.1 Å². The van der Waals surface area contributed by atoms with E-state index in [4.69, 9.17) is 4.52 Å². The van der Waals surface area contributed by atoms with Gasteiger partial charge in [0.2, 0.25) is 11.6 Å². The van der Waals surface area contributed by atoms with Crippen molar-refractivity contribution in [2.45, 2.75) is 0 Å². The minimum Gasteiger partial charge on any atom is -0.505 e. The van der Waals surface area contributed by atoms with Crippen LogP contribution in [0.3, 0.4) is 0 Å². The summed E-state index contributed by atoms with van der Waals surface area (Å²) in [6, 6.07) is 3.84. The number of phenols is 3. The number of nitro benzene ring substituents is 1. The van der Waals surface area contributed by atoms with Gasteiger partial charge in [-0.25, -0.2) is 9.18 Å². The van der Waals surface area contributed by atoms with Gasteiger partial charge >= 0.3 is 11.7 Å². The molecule has 0 aliphatic heterocycles. The molecule has 0 unspecified atom stereocenters. The Labute approximate surface area is 147 Å². The van der Waals surface area contributed by atoms with Crippen molar-refractivity contribution < 1.29 is 39.1 Å². The topological polar surface area (TPSA) is 180 Å². The van der Waals surface area contributed by atoms with E-state index in [1.807, 2.05) is 0 Å². The van der Waals surface area contributed by atoms with Crippen LogP contribution in [0.4, 0.5) is 10.1 Å². The van der Waals surface area contributed by atoms with Crippen LogP contribution in [-0.2, 0) is 0 Å². The standard InChI is InChI=1S/C15H8FN3O8/c16-7-2-1-5(3-8(7)20)13-17-14(27-18-13)6-4-9(21)12(22)11(19(25)26)10(6)15(23)24/h1-4,20-22H,(H,23,24). The molecule has 138 valence electrons. The molecule has 3 rings (SSSR count). The van der Waals surface area contributed by atoms with Gasteiger partial charge in [-0.2, -0.15) is 4.98 Å². The van der Waals surface area contributed by atoms with Gasteiger partial charge in [0.1, 0.15) is 0 Å². The molecule has 0 saturated carbocycles. The zero-order valence-electron chi connectivity index (χ0n) is 13.0. The second-order valence-corrected chi connectivity index (χ2v) is 5.17. The van der Waals surface area contributed by atoms with E-state index in [9.17, 15) is 39.7 Å². The second-order valence-electron chi connectivity index (χ2n) is 5.17. The molecule has 3 aromatic rings. The average molecular weight is 377 g/mol. The number of hydrogen-bond acceptors (Lipinski definition) is 9. The Hall–Kier alpha value is -4.22. The molecule has 0 fully saturated rings. The van der Waals surface area contributed by atoms with Gasteiger partial charge < -0.3 is 24.9 Å². The van der Waals surface area contributed by atoms with E-state index < -0.39 is 56.7 Å². The molecule has 1 heterocycles. The molecule has 0 saturated heterocycles. The SMILES string of the molecule is O=C(O)c1c(-c2nc(-c3ccc(F)c(O)c3)no2)cc(O)c(O)c1[N+](=O)[O-]. The summed E-state index contributed by atoms with van der Waals surface area (Å²) in [7, 11) is 0. The molecule has 0 spiro atoms. The number of aromatic hydroxyl groups is 3. The molecule has 11 nitrogen and oxygen atoms in total. The first kappa shape index (κ1) is 17.6. The molecule has 27 heavy (non-hydrogen) atoms. The molecular formula is C15H8FN3O8. The van der Waals surface area contributed by atoms with Crippen LogP contribution in [-0.4, -0.2) is 41.5 Å². The zero-order chi connectivity index (χ0) is 19.9. The van der Waals surface area contributed by atoms with Gasteiger partial charge in [0.25, 0.3) is 5.89 Å². The first-order valence-corrected chi connectivity index (χ1v) is 7.00. The molecule has 0 aliphatic rings. The van der Waals surface area contributed by atoms with Crippen molar-refractivity contribution in [3.05, 3.63) is 45.8 Å². The van der Waals surface area contributed by atoms with Crippen molar-refractivity contribution in [1.82, 2.24) is 10.1 Å². The van der Waals surface area contributed by atoms with Crippen molar-refractivity contribution in [3.63, 3.8) is 0 Å². The Bertz CT molecular complexity index is 1090. The Kier molecular flexibility index (Phi) is 4.08. The molecule has 1 aromatic heterocycles. The maximum absolute atomic E-state index is 13.1. The van der Waals surface area contributed by atoms with E-state index in [-0.39, 0.29) is 11.4 Å². The van der Waals surface area contributed by atoms with Crippen LogP contribution in [0, 0.1) is 15.9 Å². The molecule has 0 aliphatic carbocycles. The third kappa shape index (κ3) is 2.95. The van der Waals surface area contributed by atoms with Gasteiger partial charge in [-0.15, -0.1) is 0 Å². The summed E-state index contributed by atoms with van der Waals surface area (Å²) in [6.45, 7) is 0. The van der Waals surface area contributed by atoms with Gasteiger partial charge in [-0.1, -0.05) is 5.16 Å². The van der Waals surface area contributed by atoms with E-state index in [1.54, 1.807) is 0 Å². The van der Waals surface area contributed by atoms with Crippen molar-refractivity contribution in [2.75, 3.05) is 0 Å². The third-order valence-corrected chi connectivity index (χ3v) is 3.51. The number of benzene rings is 2. The Morgan fingerprint density at radius 1 is 1.19 bits per heavy atom. The number of aromatic carboxylic acids is 1. The minimum atomic E-state index is -1.79. The van der Waals surface area contributed by atoms with Crippen molar-refractivity contribution in [3.8, 4) is 40.1 Å². The number of hydrogen-bond donors (Lipinski definition) is 4. The summed E-state index contributed by atoms with van der Waals surface area (Å²) in [4.78, 5) is 25.3. The van der Waals surface area contributed by atoms with Gasteiger partial charge in [0.05, 0.1) is 10.5 Å². The Balaban J connectivity index is 2.20. The smallest absolute Gasteiger partial charge is 0.343 e. The van der Waals surface area contributed by atoms with Crippen LogP contribution in [0.5, 0.6) is 17.2 Å². The fraction of sp³-hybridized carbons (Fsp3) is 0. The third-order valence-electron chi connectivity index (χ3n) is 3.51. The maximum Gasteiger partial charge on any atom is 0.343 e. The van der Waals surface area contributed by atoms with Crippen LogP contribution in [0.1, 0.15) is 10.4 Å². The van der Waals surface area contributed by atoms with Gasteiger partial charge in [0.15, 0.2) is 22.9 Å². The number of aromatic nitrogens is 2. The van der Waals surface area contributed by atoms with Crippen molar-refractivity contribution in [1.29, 1.82) is 0 Å². The summed E-state index contributed by atoms with van der Waals surface area (Å²) >= 11 is 0. The number of nitrogens with zero attached hydrogens (tertiary/aromatic N) is 3. The van der Waals surface area contributed by atoms with E-state index >= 15 is 0 Å². The van der Waals surface area contributed by atoms with Crippen LogP contribution in [0.25, 0.3) is 22.8 Å². The normalized spacial score (nSPS) is 10.7. The molecular weight excluding hydrogens is 369 g/mol. The molecule has 2 aromatic carbocycles. The zero-order valence-corrected chi connectivity index (χ0v) is 13.0. The Morgan fingerprint density at radius 3 is 2.48 bits per heavy atom. The predicted octanol–water partition coefficient (Wildman–Crippen LogP) is 2.27. The number of rotatable bonds is 4. The molecule has 12 heteroatoms. The lowest BCUT2D eigenvalue weighted by Crippen LogP contribution is -2.06. The summed E-state index contributed by atoms with van der Waals surface area (Å²) in [5, 5.41) is 52.6. The predicted molar refractivity (Wildman–Crippen MR) is 83.7 cm³/mol. The Morgan fingerprint density at radius 2 is 1.89 bits per heavy atom. The summed E-state index contributed by atoms with van der Waals surface area (Å²) in [5.74, 6) is -6.29. The highest BCUT2D eigenvalue weighted by Crippen LogP contribution is 2.43. The lowest BCUT2D eigenvalue weighted by Gasteiger charge is -2.06. The summed E-state index contributed by atoms with van der Waals surface area (Å²) in [6.07, 6.45) is 0. The van der Waals surface area contributed by atoms with Gasteiger partial charge in [0, 0.05) is 5.56 Å². The fourth-order valence-corrected chi connectivity index (χ4v) is 2.31.